The topological polar surface area (TPSA) is 49.4 Å². The summed E-state index contributed by atoms with van der Waals surface area (Å²) in [6.07, 6.45) is 0.572. The lowest BCUT2D eigenvalue weighted by molar-refractivity contribution is -0.135. The fourth-order valence-corrected chi connectivity index (χ4v) is 3.35. The highest BCUT2D eigenvalue weighted by atomic mass is 79.9. The number of anilines is 1. The van der Waals surface area contributed by atoms with Crippen LogP contribution >= 0.6 is 15.9 Å². The maximum atomic E-state index is 12.7. The molecule has 1 saturated heterocycles. The molecule has 1 unspecified atom stereocenters. The van der Waals surface area contributed by atoms with E-state index in [1.54, 1.807) is 11.8 Å². The summed E-state index contributed by atoms with van der Waals surface area (Å²) >= 11 is 3.45. The molecule has 1 aromatic rings. The monoisotopic (exact) mass is 338 g/mol. The van der Waals surface area contributed by atoms with Crippen LogP contribution in [0.1, 0.15) is 31.4 Å². The molecule has 0 saturated carbocycles. The number of rotatable bonds is 2. The van der Waals surface area contributed by atoms with Gasteiger partial charge in [-0.2, -0.15) is 0 Å². The predicted octanol–water partition coefficient (Wildman–Crippen LogP) is 2.70. The lowest BCUT2D eigenvalue weighted by Gasteiger charge is -2.40. The minimum absolute atomic E-state index is 0.0480. The van der Waals surface area contributed by atoms with Crippen molar-refractivity contribution >= 4 is 33.4 Å². The molecule has 1 heterocycles. The van der Waals surface area contributed by atoms with Crippen molar-refractivity contribution in [1.29, 1.82) is 0 Å². The van der Waals surface area contributed by atoms with Crippen LogP contribution in [0.5, 0.6) is 0 Å². The Bertz CT molecular complexity index is 562. The quantitative estimate of drug-likeness (QED) is 0.901. The zero-order valence-corrected chi connectivity index (χ0v) is 13.8. The van der Waals surface area contributed by atoms with Gasteiger partial charge in [-0.05, 0) is 50.5 Å². The Morgan fingerprint density at radius 1 is 1.30 bits per heavy atom. The number of carbonyl (C=O) groups excluding carboxylic acids is 2. The third kappa shape index (κ3) is 2.46. The summed E-state index contributed by atoms with van der Waals surface area (Å²) < 4.78 is 0.975. The first-order valence-electron chi connectivity index (χ1n) is 6.68. The summed E-state index contributed by atoms with van der Waals surface area (Å²) in [6.45, 7) is 7.68. The number of hydrogen-bond donors (Lipinski definition) is 1. The van der Waals surface area contributed by atoms with E-state index in [2.05, 4.69) is 21.2 Å². The van der Waals surface area contributed by atoms with Crippen LogP contribution in [0.25, 0.3) is 0 Å². The van der Waals surface area contributed by atoms with Crippen molar-refractivity contribution in [1.82, 2.24) is 5.32 Å². The Hall–Kier alpha value is -1.36. The standard InChI is InChI=1S/C15H19BrN2O2/c1-5-15(4)14(20)18(8-12(19)17-15)13-9(2)6-11(16)7-10(13)3/h6-7H,5,8H2,1-4H3,(H,17,19). The maximum absolute atomic E-state index is 12.7. The SMILES string of the molecule is CCC1(C)NC(=O)CN(c2c(C)cc(Br)cc2C)C1=O. The van der Waals surface area contributed by atoms with Gasteiger partial charge in [-0.3, -0.25) is 9.59 Å². The van der Waals surface area contributed by atoms with E-state index in [0.29, 0.717) is 6.42 Å². The molecule has 1 N–H and O–H groups in total. The Morgan fingerprint density at radius 2 is 1.85 bits per heavy atom. The molecule has 0 aliphatic carbocycles. The normalized spacial score (nSPS) is 22.9. The summed E-state index contributed by atoms with van der Waals surface area (Å²) in [6, 6.07) is 3.93. The largest absolute Gasteiger partial charge is 0.340 e. The number of hydrogen-bond acceptors (Lipinski definition) is 2. The molecule has 0 bridgehead atoms. The van der Waals surface area contributed by atoms with Crippen molar-refractivity contribution < 1.29 is 9.59 Å². The molecule has 1 fully saturated rings. The highest BCUT2D eigenvalue weighted by Crippen LogP contribution is 2.32. The number of nitrogens with one attached hydrogen (secondary N) is 1. The van der Waals surface area contributed by atoms with E-state index in [0.717, 1.165) is 21.3 Å². The van der Waals surface area contributed by atoms with Crippen LogP contribution in [-0.2, 0) is 9.59 Å². The molecule has 1 aliphatic heterocycles. The van der Waals surface area contributed by atoms with Crippen LogP contribution in [0, 0.1) is 13.8 Å². The molecule has 1 atom stereocenters. The van der Waals surface area contributed by atoms with E-state index in [-0.39, 0.29) is 18.4 Å². The van der Waals surface area contributed by atoms with Crippen molar-refractivity contribution in [2.24, 2.45) is 0 Å². The van der Waals surface area contributed by atoms with Crippen molar-refractivity contribution in [3.8, 4) is 0 Å². The Balaban J connectivity index is 2.52. The molecule has 0 spiro atoms. The van der Waals surface area contributed by atoms with Gasteiger partial charge in [-0.15, -0.1) is 0 Å². The van der Waals surface area contributed by atoms with E-state index in [1.165, 1.54) is 0 Å². The highest BCUT2D eigenvalue weighted by Gasteiger charge is 2.42. The second-order valence-corrected chi connectivity index (χ2v) is 6.43. The number of halogens is 1. The Kier molecular flexibility index (Phi) is 3.91. The average molecular weight is 339 g/mol. The molecular weight excluding hydrogens is 320 g/mol. The fourth-order valence-electron chi connectivity index (χ4n) is 2.66. The minimum Gasteiger partial charge on any atom is -0.340 e. The molecule has 0 radical (unpaired) electrons. The maximum Gasteiger partial charge on any atom is 0.252 e. The van der Waals surface area contributed by atoms with Gasteiger partial charge in [0.05, 0.1) is 5.69 Å². The third-order valence-corrected chi connectivity index (χ3v) is 4.32. The third-order valence-electron chi connectivity index (χ3n) is 3.87. The zero-order chi connectivity index (χ0) is 15.1. The molecule has 5 heteroatoms. The van der Waals surface area contributed by atoms with Gasteiger partial charge in [0.15, 0.2) is 0 Å². The van der Waals surface area contributed by atoms with Crippen molar-refractivity contribution in [3.63, 3.8) is 0 Å². The van der Waals surface area contributed by atoms with Gasteiger partial charge in [0.1, 0.15) is 12.1 Å². The molecule has 0 aromatic heterocycles. The van der Waals surface area contributed by atoms with Crippen LogP contribution in [0.15, 0.2) is 16.6 Å². The van der Waals surface area contributed by atoms with Gasteiger partial charge in [-0.25, -0.2) is 0 Å². The van der Waals surface area contributed by atoms with Gasteiger partial charge in [0, 0.05) is 4.47 Å². The number of carbonyl (C=O) groups is 2. The first-order valence-corrected chi connectivity index (χ1v) is 7.47. The summed E-state index contributed by atoms with van der Waals surface area (Å²) in [5.41, 5.74) is 1.99. The van der Waals surface area contributed by atoms with Gasteiger partial charge in [0.2, 0.25) is 5.91 Å². The number of nitrogens with zero attached hydrogens (tertiary/aromatic N) is 1. The zero-order valence-electron chi connectivity index (χ0n) is 12.2. The molecule has 108 valence electrons. The number of piperazine rings is 1. The summed E-state index contributed by atoms with van der Waals surface area (Å²) in [4.78, 5) is 26.3. The van der Waals surface area contributed by atoms with Crippen LogP contribution < -0.4 is 10.2 Å². The van der Waals surface area contributed by atoms with E-state index >= 15 is 0 Å². The first kappa shape index (κ1) is 15.0. The molecular formula is C15H19BrN2O2. The smallest absolute Gasteiger partial charge is 0.252 e. The lowest BCUT2D eigenvalue weighted by Crippen LogP contribution is -2.65. The molecule has 20 heavy (non-hydrogen) atoms. The molecule has 4 nitrogen and oxygen atoms in total. The minimum atomic E-state index is -0.818. The summed E-state index contributed by atoms with van der Waals surface area (Å²) in [5.74, 6) is -0.163. The van der Waals surface area contributed by atoms with E-state index in [1.807, 2.05) is 32.9 Å². The number of benzene rings is 1. The lowest BCUT2D eigenvalue weighted by atomic mass is 9.93. The second-order valence-electron chi connectivity index (χ2n) is 5.51. The Labute approximate surface area is 127 Å². The molecule has 1 aromatic carbocycles. The first-order chi connectivity index (χ1) is 9.28. The Morgan fingerprint density at radius 3 is 2.35 bits per heavy atom. The van der Waals surface area contributed by atoms with Crippen LogP contribution in [-0.4, -0.2) is 23.9 Å². The van der Waals surface area contributed by atoms with Crippen molar-refractivity contribution in [3.05, 3.63) is 27.7 Å². The number of aryl methyl sites for hydroxylation is 2. The van der Waals surface area contributed by atoms with Gasteiger partial charge in [0.25, 0.3) is 5.91 Å². The summed E-state index contributed by atoms with van der Waals surface area (Å²) in [7, 11) is 0. The van der Waals surface area contributed by atoms with Crippen LogP contribution in [0.2, 0.25) is 0 Å². The van der Waals surface area contributed by atoms with E-state index < -0.39 is 5.54 Å². The predicted molar refractivity (Wildman–Crippen MR) is 82.8 cm³/mol. The van der Waals surface area contributed by atoms with Gasteiger partial charge >= 0.3 is 0 Å². The molecule has 1 aliphatic rings. The van der Waals surface area contributed by atoms with E-state index in [9.17, 15) is 9.59 Å². The van der Waals surface area contributed by atoms with Gasteiger partial charge < -0.3 is 10.2 Å². The highest BCUT2D eigenvalue weighted by molar-refractivity contribution is 9.10. The molecule has 2 amide bonds. The number of amides is 2. The van der Waals surface area contributed by atoms with Crippen LogP contribution in [0.4, 0.5) is 5.69 Å². The van der Waals surface area contributed by atoms with Gasteiger partial charge in [-0.1, -0.05) is 22.9 Å². The average Bonchev–Trinajstić information content (AvgIpc) is 2.34. The van der Waals surface area contributed by atoms with Crippen LogP contribution in [0.3, 0.4) is 0 Å². The second kappa shape index (κ2) is 5.20. The van der Waals surface area contributed by atoms with Crippen molar-refractivity contribution in [2.45, 2.75) is 39.7 Å². The van der Waals surface area contributed by atoms with Crippen molar-refractivity contribution in [2.75, 3.05) is 11.4 Å². The summed E-state index contributed by atoms with van der Waals surface area (Å²) in [5, 5.41) is 2.80. The fraction of sp³-hybridized carbons (Fsp3) is 0.467. The molecule has 2 rings (SSSR count). The van der Waals surface area contributed by atoms with E-state index in [4.69, 9.17) is 0 Å².